The maximum absolute atomic E-state index is 13.5. The Hall–Kier alpha value is -2.40. The molecule has 21 heavy (non-hydrogen) atoms. The lowest BCUT2D eigenvalue weighted by molar-refractivity contribution is 0.252. The minimum Gasteiger partial charge on any atom is -0.306 e. The topological polar surface area (TPSA) is 53.5 Å². The molecule has 0 aliphatic heterocycles. The molecule has 0 atom stereocenters. The predicted molar refractivity (Wildman–Crippen MR) is 82.3 cm³/mol. The van der Waals surface area contributed by atoms with Gasteiger partial charge in [0.2, 0.25) is 0 Å². The van der Waals surface area contributed by atoms with Crippen molar-refractivity contribution in [3.63, 3.8) is 0 Å². The lowest BCUT2D eigenvalue weighted by Crippen LogP contribution is -2.24. The maximum atomic E-state index is 13.5. The normalized spacial score (nSPS) is 10.6. The molecule has 0 saturated carbocycles. The Labute approximate surface area is 126 Å². The summed E-state index contributed by atoms with van der Waals surface area (Å²) in [6, 6.07) is 11.1. The molecule has 2 N–H and O–H groups in total. The zero-order valence-corrected chi connectivity index (χ0v) is 12.0. The molecule has 0 saturated heterocycles. The van der Waals surface area contributed by atoms with E-state index in [4.69, 9.17) is 11.6 Å². The summed E-state index contributed by atoms with van der Waals surface area (Å²) < 4.78 is 13.5. The Morgan fingerprint density at radius 2 is 2.00 bits per heavy atom. The van der Waals surface area contributed by atoms with Crippen LogP contribution in [0, 0.1) is 12.7 Å². The van der Waals surface area contributed by atoms with E-state index in [9.17, 15) is 9.18 Å². The van der Waals surface area contributed by atoms with E-state index in [0.717, 1.165) is 11.8 Å². The molecule has 2 aromatic rings. The van der Waals surface area contributed by atoms with E-state index in [0.29, 0.717) is 5.69 Å². The second kappa shape index (κ2) is 6.85. The van der Waals surface area contributed by atoms with Crippen molar-refractivity contribution in [2.75, 3.05) is 5.32 Å². The number of benzene rings is 2. The van der Waals surface area contributed by atoms with Crippen LogP contribution in [0.4, 0.5) is 14.9 Å². The molecule has 0 aromatic heterocycles. The summed E-state index contributed by atoms with van der Waals surface area (Å²) in [5, 5.41) is 6.53. The van der Waals surface area contributed by atoms with Gasteiger partial charge in [0.15, 0.2) is 0 Å². The number of amides is 2. The molecule has 0 aliphatic carbocycles. The van der Waals surface area contributed by atoms with Crippen molar-refractivity contribution in [3.8, 4) is 0 Å². The molecule has 2 aromatic carbocycles. The van der Waals surface area contributed by atoms with Gasteiger partial charge in [-0.05, 0) is 30.7 Å². The molecule has 0 fully saturated rings. The number of hydrogen-bond donors (Lipinski definition) is 2. The number of anilines is 1. The summed E-state index contributed by atoms with van der Waals surface area (Å²) in [7, 11) is 0. The highest BCUT2D eigenvalue weighted by molar-refractivity contribution is 6.33. The molecule has 0 aliphatic rings. The molecule has 0 heterocycles. The minimum atomic E-state index is -0.520. The Balaban J connectivity index is 1.98. The van der Waals surface area contributed by atoms with Crippen LogP contribution in [-0.4, -0.2) is 12.2 Å². The molecule has 0 unspecified atom stereocenters. The molecule has 4 nitrogen and oxygen atoms in total. The average molecular weight is 306 g/mol. The van der Waals surface area contributed by atoms with Gasteiger partial charge in [-0.2, -0.15) is 5.10 Å². The average Bonchev–Trinajstić information content (AvgIpc) is 2.45. The Bertz CT molecular complexity index is 668. The van der Waals surface area contributed by atoms with Crippen LogP contribution in [-0.2, 0) is 0 Å². The van der Waals surface area contributed by atoms with Crippen LogP contribution in [0.3, 0.4) is 0 Å². The van der Waals surface area contributed by atoms with Crippen LogP contribution in [0.1, 0.15) is 11.1 Å². The van der Waals surface area contributed by atoms with Gasteiger partial charge in [0.1, 0.15) is 5.82 Å². The summed E-state index contributed by atoms with van der Waals surface area (Å²) in [5.74, 6) is -0.507. The molecule has 6 heteroatoms. The fraction of sp³-hybridized carbons (Fsp3) is 0.0667. The highest BCUT2D eigenvalue weighted by Crippen LogP contribution is 2.16. The Kier molecular flexibility index (Phi) is 4.90. The fourth-order valence-electron chi connectivity index (χ4n) is 1.65. The predicted octanol–water partition coefficient (Wildman–Crippen LogP) is 3.94. The van der Waals surface area contributed by atoms with Crippen LogP contribution in [0.2, 0.25) is 5.02 Å². The standard InChI is InChI=1S/C15H13ClFN3O/c1-10-5-2-3-8-14(10)19-15(21)20-18-9-11-12(16)6-4-7-13(11)17/h2-9H,1H3,(H2,19,20,21). The first-order valence-corrected chi connectivity index (χ1v) is 6.55. The maximum Gasteiger partial charge on any atom is 0.339 e. The third-order valence-corrected chi connectivity index (χ3v) is 3.08. The quantitative estimate of drug-likeness (QED) is 0.655. The van der Waals surface area contributed by atoms with Crippen LogP contribution in [0.5, 0.6) is 0 Å². The van der Waals surface area contributed by atoms with E-state index >= 15 is 0 Å². The van der Waals surface area contributed by atoms with E-state index in [2.05, 4.69) is 15.8 Å². The first-order chi connectivity index (χ1) is 10.1. The second-order valence-electron chi connectivity index (χ2n) is 4.27. The van der Waals surface area contributed by atoms with Crippen molar-refractivity contribution in [2.45, 2.75) is 6.92 Å². The van der Waals surface area contributed by atoms with Gasteiger partial charge < -0.3 is 5.32 Å². The third-order valence-electron chi connectivity index (χ3n) is 2.75. The van der Waals surface area contributed by atoms with Crippen molar-refractivity contribution < 1.29 is 9.18 Å². The number of para-hydroxylation sites is 1. The van der Waals surface area contributed by atoms with Crippen LogP contribution in [0.25, 0.3) is 0 Å². The van der Waals surface area contributed by atoms with Crippen LogP contribution >= 0.6 is 11.6 Å². The number of aryl methyl sites for hydroxylation is 1. The lowest BCUT2D eigenvalue weighted by atomic mass is 10.2. The van der Waals surface area contributed by atoms with Crippen molar-refractivity contribution >= 4 is 29.5 Å². The van der Waals surface area contributed by atoms with Crippen molar-refractivity contribution in [3.05, 3.63) is 64.4 Å². The summed E-state index contributed by atoms with van der Waals surface area (Å²) in [5.41, 5.74) is 3.98. The zero-order valence-electron chi connectivity index (χ0n) is 11.2. The molecule has 2 amide bonds. The summed E-state index contributed by atoms with van der Waals surface area (Å²) >= 11 is 5.84. The van der Waals surface area contributed by atoms with E-state index in [-0.39, 0.29) is 10.6 Å². The summed E-state index contributed by atoms with van der Waals surface area (Å²) in [6.07, 6.45) is 1.16. The van der Waals surface area contributed by atoms with Crippen molar-refractivity contribution in [1.82, 2.24) is 5.43 Å². The van der Waals surface area contributed by atoms with E-state index in [1.165, 1.54) is 12.1 Å². The van der Waals surface area contributed by atoms with Gasteiger partial charge in [0, 0.05) is 11.3 Å². The number of urea groups is 1. The van der Waals surface area contributed by atoms with Crippen LogP contribution in [0.15, 0.2) is 47.6 Å². The Morgan fingerprint density at radius 1 is 1.24 bits per heavy atom. The van der Waals surface area contributed by atoms with Crippen molar-refractivity contribution in [1.29, 1.82) is 0 Å². The first-order valence-electron chi connectivity index (χ1n) is 6.17. The van der Waals surface area contributed by atoms with E-state index in [1.54, 1.807) is 12.1 Å². The van der Waals surface area contributed by atoms with Gasteiger partial charge in [-0.1, -0.05) is 35.9 Å². The molecule has 2 rings (SSSR count). The SMILES string of the molecule is Cc1ccccc1NC(=O)NN=Cc1c(F)cccc1Cl. The van der Waals surface area contributed by atoms with Gasteiger partial charge in [-0.3, -0.25) is 0 Å². The summed E-state index contributed by atoms with van der Waals surface area (Å²) in [4.78, 5) is 11.7. The number of nitrogens with one attached hydrogen (secondary N) is 2. The van der Waals surface area contributed by atoms with Crippen LogP contribution < -0.4 is 10.7 Å². The lowest BCUT2D eigenvalue weighted by Gasteiger charge is -2.06. The van der Waals surface area contributed by atoms with Gasteiger partial charge in [0.25, 0.3) is 0 Å². The second-order valence-corrected chi connectivity index (χ2v) is 4.68. The number of carbonyl (C=O) groups excluding carboxylic acids is 1. The van der Waals surface area contributed by atoms with Gasteiger partial charge >= 0.3 is 6.03 Å². The van der Waals surface area contributed by atoms with E-state index < -0.39 is 11.8 Å². The number of carbonyl (C=O) groups is 1. The number of hydrazone groups is 1. The number of hydrogen-bond acceptors (Lipinski definition) is 2. The minimum absolute atomic E-state index is 0.121. The number of halogens is 2. The highest BCUT2D eigenvalue weighted by atomic mass is 35.5. The molecule has 0 spiro atoms. The summed E-state index contributed by atoms with van der Waals surface area (Å²) in [6.45, 7) is 1.87. The first kappa shape index (κ1) is 15.0. The molecular formula is C15H13ClFN3O. The largest absolute Gasteiger partial charge is 0.339 e. The zero-order chi connectivity index (χ0) is 15.2. The monoisotopic (exact) mass is 305 g/mol. The molecule has 108 valence electrons. The van der Waals surface area contributed by atoms with Crippen molar-refractivity contribution in [2.24, 2.45) is 5.10 Å². The molecule has 0 radical (unpaired) electrons. The van der Waals surface area contributed by atoms with E-state index in [1.807, 2.05) is 25.1 Å². The highest BCUT2D eigenvalue weighted by Gasteiger charge is 2.05. The molecule has 0 bridgehead atoms. The fourth-order valence-corrected chi connectivity index (χ4v) is 1.86. The Morgan fingerprint density at radius 3 is 2.71 bits per heavy atom. The third kappa shape index (κ3) is 4.03. The molecular weight excluding hydrogens is 293 g/mol. The van der Waals surface area contributed by atoms with Gasteiger partial charge in [-0.15, -0.1) is 0 Å². The smallest absolute Gasteiger partial charge is 0.306 e. The van der Waals surface area contributed by atoms with Gasteiger partial charge in [0.05, 0.1) is 11.2 Å². The van der Waals surface area contributed by atoms with Gasteiger partial charge in [-0.25, -0.2) is 14.6 Å². The number of nitrogens with zero attached hydrogens (tertiary/aromatic N) is 1. The number of rotatable bonds is 3.